The van der Waals surface area contributed by atoms with Crippen LogP contribution in [-0.2, 0) is 6.54 Å². The Morgan fingerprint density at radius 3 is 2.63 bits per heavy atom. The predicted molar refractivity (Wildman–Crippen MR) is 80.3 cm³/mol. The van der Waals surface area contributed by atoms with Crippen LogP contribution < -0.4 is 0 Å². The third kappa shape index (κ3) is 2.68. The van der Waals surface area contributed by atoms with Crippen molar-refractivity contribution in [1.82, 2.24) is 19.2 Å². The summed E-state index contributed by atoms with van der Waals surface area (Å²) in [5.74, 6) is 1.12. The van der Waals surface area contributed by atoms with E-state index < -0.39 is 0 Å². The number of pyridine rings is 1. The van der Waals surface area contributed by atoms with E-state index in [0.717, 1.165) is 42.1 Å². The number of aromatic nitrogens is 2. The van der Waals surface area contributed by atoms with Crippen molar-refractivity contribution in [3.05, 3.63) is 34.8 Å². The first-order valence-electron chi connectivity index (χ1n) is 6.84. The summed E-state index contributed by atoms with van der Waals surface area (Å²) in [7, 11) is 0. The number of likely N-dealkylation sites (N-methyl/N-ethyl adjacent to an activating group) is 1. The maximum absolute atomic E-state index is 4.65. The molecule has 0 spiro atoms. The Balaban J connectivity index is 1.75. The van der Waals surface area contributed by atoms with Crippen molar-refractivity contribution in [3.63, 3.8) is 0 Å². The molecule has 2 aromatic rings. The van der Waals surface area contributed by atoms with Crippen molar-refractivity contribution >= 4 is 21.4 Å². The number of fused-ring (bicyclic) bond motifs is 1. The molecule has 1 fully saturated rings. The van der Waals surface area contributed by atoms with Crippen LogP contribution in [0.1, 0.15) is 12.7 Å². The lowest BCUT2D eigenvalue weighted by molar-refractivity contribution is 0.129. The van der Waals surface area contributed by atoms with Crippen molar-refractivity contribution in [2.45, 2.75) is 13.5 Å². The Morgan fingerprint density at radius 1 is 1.16 bits per heavy atom. The number of imidazole rings is 1. The minimum absolute atomic E-state index is 0.925. The molecule has 0 aliphatic carbocycles. The zero-order valence-electron chi connectivity index (χ0n) is 11.2. The van der Waals surface area contributed by atoms with E-state index >= 15 is 0 Å². The molecule has 1 saturated heterocycles. The van der Waals surface area contributed by atoms with Crippen LogP contribution in [0.4, 0.5) is 0 Å². The summed E-state index contributed by atoms with van der Waals surface area (Å²) in [5, 5.41) is 0. The summed E-state index contributed by atoms with van der Waals surface area (Å²) in [4.78, 5) is 9.63. The molecule has 0 amide bonds. The first kappa shape index (κ1) is 13.1. The van der Waals surface area contributed by atoms with Gasteiger partial charge < -0.3 is 9.30 Å². The monoisotopic (exact) mass is 322 g/mol. The smallest absolute Gasteiger partial charge is 0.132 e. The molecule has 0 saturated carbocycles. The number of rotatable bonds is 3. The van der Waals surface area contributed by atoms with Crippen LogP contribution in [0.15, 0.2) is 29.0 Å². The van der Waals surface area contributed by atoms with E-state index in [-0.39, 0.29) is 0 Å². The van der Waals surface area contributed by atoms with E-state index in [0.29, 0.717) is 0 Å². The zero-order valence-corrected chi connectivity index (χ0v) is 12.8. The second kappa shape index (κ2) is 5.61. The molecule has 19 heavy (non-hydrogen) atoms. The largest absolute Gasteiger partial charge is 0.301 e. The zero-order chi connectivity index (χ0) is 13.2. The molecule has 0 radical (unpaired) electrons. The van der Waals surface area contributed by atoms with Crippen LogP contribution in [0.3, 0.4) is 0 Å². The summed E-state index contributed by atoms with van der Waals surface area (Å²) in [6, 6.07) is 6.20. The van der Waals surface area contributed by atoms with Gasteiger partial charge in [-0.3, -0.25) is 4.90 Å². The first-order valence-corrected chi connectivity index (χ1v) is 7.63. The van der Waals surface area contributed by atoms with Crippen molar-refractivity contribution in [1.29, 1.82) is 0 Å². The maximum atomic E-state index is 4.65. The minimum atomic E-state index is 0.925. The normalized spacial score (nSPS) is 18.2. The molecule has 1 aliphatic heterocycles. The molecule has 0 bridgehead atoms. The van der Waals surface area contributed by atoms with Crippen LogP contribution in [-0.4, -0.2) is 51.9 Å². The minimum Gasteiger partial charge on any atom is -0.301 e. The quantitative estimate of drug-likeness (QED) is 0.866. The molecule has 2 aromatic heterocycles. The summed E-state index contributed by atoms with van der Waals surface area (Å²) in [5.41, 5.74) is 1.14. The highest BCUT2D eigenvalue weighted by molar-refractivity contribution is 9.10. The summed E-state index contributed by atoms with van der Waals surface area (Å²) in [6.45, 7) is 8.91. The highest BCUT2D eigenvalue weighted by Crippen LogP contribution is 2.19. The SMILES string of the molecule is CCN1CCN(Cc2nc(Br)c3ccccn23)CC1. The maximum Gasteiger partial charge on any atom is 0.132 e. The van der Waals surface area contributed by atoms with Crippen LogP contribution in [0.5, 0.6) is 0 Å². The van der Waals surface area contributed by atoms with E-state index in [1.54, 1.807) is 0 Å². The number of halogens is 1. The van der Waals surface area contributed by atoms with Gasteiger partial charge >= 0.3 is 0 Å². The fourth-order valence-electron chi connectivity index (χ4n) is 2.64. The first-order chi connectivity index (χ1) is 9.28. The van der Waals surface area contributed by atoms with Gasteiger partial charge in [-0.1, -0.05) is 13.0 Å². The Bertz CT molecular complexity index is 558. The van der Waals surface area contributed by atoms with E-state index in [9.17, 15) is 0 Å². The summed E-state index contributed by atoms with van der Waals surface area (Å²) < 4.78 is 3.12. The lowest BCUT2D eigenvalue weighted by Crippen LogP contribution is -2.45. The molecule has 0 N–H and O–H groups in total. The Labute approximate surface area is 122 Å². The third-order valence-electron chi connectivity index (χ3n) is 3.85. The standard InChI is InChI=1S/C14H19BrN4/c1-2-17-7-9-18(10-8-17)11-13-16-14(15)12-5-3-4-6-19(12)13/h3-6H,2,7-11H2,1H3. The van der Waals surface area contributed by atoms with Crippen LogP contribution >= 0.6 is 15.9 Å². The Hall–Kier alpha value is -0.910. The van der Waals surface area contributed by atoms with E-state index in [4.69, 9.17) is 0 Å². The second-order valence-corrected chi connectivity index (χ2v) is 5.74. The number of hydrogen-bond donors (Lipinski definition) is 0. The second-order valence-electron chi connectivity index (χ2n) is 4.99. The predicted octanol–water partition coefficient (Wildman–Crippen LogP) is 2.23. The third-order valence-corrected chi connectivity index (χ3v) is 4.44. The number of nitrogens with zero attached hydrogens (tertiary/aromatic N) is 4. The van der Waals surface area contributed by atoms with Crippen LogP contribution in [0.25, 0.3) is 5.52 Å². The van der Waals surface area contributed by atoms with Crippen LogP contribution in [0, 0.1) is 0 Å². The average molecular weight is 323 g/mol. The molecule has 5 heteroatoms. The van der Waals surface area contributed by atoms with E-state index in [1.165, 1.54) is 13.1 Å². The highest BCUT2D eigenvalue weighted by atomic mass is 79.9. The molecule has 0 unspecified atom stereocenters. The van der Waals surface area contributed by atoms with Gasteiger partial charge in [-0.15, -0.1) is 0 Å². The molecular formula is C14H19BrN4. The van der Waals surface area contributed by atoms with Gasteiger partial charge in [0.05, 0.1) is 12.1 Å². The van der Waals surface area contributed by atoms with Gasteiger partial charge in [-0.25, -0.2) is 4.98 Å². The number of hydrogen-bond acceptors (Lipinski definition) is 3. The van der Waals surface area contributed by atoms with Gasteiger partial charge in [-0.2, -0.15) is 0 Å². The van der Waals surface area contributed by atoms with Crippen molar-refractivity contribution in [2.75, 3.05) is 32.7 Å². The Morgan fingerprint density at radius 2 is 1.89 bits per heavy atom. The van der Waals surface area contributed by atoms with Gasteiger partial charge in [0.25, 0.3) is 0 Å². The van der Waals surface area contributed by atoms with Gasteiger partial charge in [0.2, 0.25) is 0 Å². The van der Waals surface area contributed by atoms with Crippen molar-refractivity contribution in [3.8, 4) is 0 Å². The lowest BCUT2D eigenvalue weighted by Gasteiger charge is -2.33. The van der Waals surface area contributed by atoms with E-state index in [2.05, 4.69) is 60.4 Å². The van der Waals surface area contributed by atoms with Gasteiger partial charge in [-0.05, 0) is 34.6 Å². The summed E-state index contributed by atoms with van der Waals surface area (Å²) in [6.07, 6.45) is 2.09. The fraction of sp³-hybridized carbons (Fsp3) is 0.500. The lowest BCUT2D eigenvalue weighted by atomic mass is 10.3. The molecule has 3 rings (SSSR count). The highest BCUT2D eigenvalue weighted by Gasteiger charge is 2.18. The molecule has 3 heterocycles. The van der Waals surface area contributed by atoms with Crippen molar-refractivity contribution in [2.24, 2.45) is 0 Å². The van der Waals surface area contributed by atoms with Gasteiger partial charge in [0, 0.05) is 32.4 Å². The van der Waals surface area contributed by atoms with Gasteiger partial charge in [0.15, 0.2) is 0 Å². The molecule has 0 atom stereocenters. The molecular weight excluding hydrogens is 304 g/mol. The van der Waals surface area contributed by atoms with Crippen molar-refractivity contribution < 1.29 is 0 Å². The molecule has 4 nitrogen and oxygen atoms in total. The summed E-state index contributed by atoms with van der Waals surface area (Å²) >= 11 is 3.54. The molecule has 102 valence electrons. The van der Waals surface area contributed by atoms with E-state index in [1.807, 2.05) is 6.07 Å². The van der Waals surface area contributed by atoms with Crippen LogP contribution in [0.2, 0.25) is 0 Å². The Kier molecular flexibility index (Phi) is 3.86. The molecule has 1 aliphatic rings. The molecule has 0 aromatic carbocycles. The topological polar surface area (TPSA) is 23.8 Å². The average Bonchev–Trinajstić information content (AvgIpc) is 2.77. The van der Waals surface area contributed by atoms with Gasteiger partial charge in [0.1, 0.15) is 10.4 Å². The number of piperazine rings is 1. The fourth-order valence-corrected chi connectivity index (χ4v) is 3.16.